The van der Waals surface area contributed by atoms with Crippen LogP contribution in [0.15, 0.2) is 76.9 Å². The van der Waals surface area contributed by atoms with Gasteiger partial charge in [-0.25, -0.2) is 4.79 Å². The number of nitrogens with zero attached hydrogens (tertiary/aromatic N) is 1. The molecule has 2 unspecified atom stereocenters. The molecule has 0 saturated carbocycles. The lowest BCUT2D eigenvalue weighted by molar-refractivity contribution is -0.125. The van der Waals surface area contributed by atoms with Crippen LogP contribution >= 0.6 is 0 Å². The van der Waals surface area contributed by atoms with Crippen LogP contribution in [0.2, 0.25) is 0 Å². The Balaban J connectivity index is 1.69. The van der Waals surface area contributed by atoms with Gasteiger partial charge in [0.05, 0.1) is 22.9 Å². The van der Waals surface area contributed by atoms with Crippen LogP contribution in [0, 0.1) is 11.3 Å². The number of Topliss-reactive ketones (excluding diaryl/α,β-unsaturated/α-hetero) is 1. The van der Waals surface area contributed by atoms with Crippen molar-refractivity contribution in [3.63, 3.8) is 0 Å². The monoisotopic (exact) mass is 470 g/mol. The van der Waals surface area contributed by atoms with Gasteiger partial charge in [0.25, 0.3) is 0 Å². The van der Waals surface area contributed by atoms with Gasteiger partial charge < -0.3 is 14.8 Å². The van der Waals surface area contributed by atoms with E-state index in [1.807, 2.05) is 38.1 Å². The molecule has 1 aliphatic heterocycles. The highest BCUT2D eigenvalue weighted by Gasteiger charge is 2.47. The normalized spacial score (nSPS) is 20.7. The van der Waals surface area contributed by atoms with Crippen LogP contribution < -0.4 is 10.2 Å². The number of hydrogen-bond donors (Lipinski definition) is 2. The maximum Gasteiger partial charge on any atom is 0.335 e. The second-order valence-electron chi connectivity index (χ2n) is 9.77. The first-order chi connectivity index (χ1) is 16.6. The third-order valence-corrected chi connectivity index (χ3v) is 6.55. The zero-order chi connectivity index (χ0) is 24.9. The summed E-state index contributed by atoms with van der Waals surface area (Å²) in [5.74, 6) is -0.935. The Hall–Kier alpha value is -4.13. The lowest BCUT2D eigenvalue weighted by atomic mass is 9.73. The second-order valence-corrected chi connectivity index (χ2v) is 9.77. The maximum absolute atomic E-state index is 13.6. The average molecular weight is 471 g/mol. The van der Waals surface area contributed by atoms with E-state index >= 15 is 0 Å². The summed E-state index contributed by atoms with van der Waals surface area (Å²) in [6.45, 7) is 5.52. The van der Waals surface area contributed by atoms with E-state index in [0.29, 0.717) is 29.2 Å². The molecular weight excluding hydrogens is 444 g/mol. The number of ketones is 1. The fourth-order valence-electron chi connectivity index (χ4n) is 5.13. The summed E-state index contributed by atoms with van der Waals surface area (Å²) in [5.41, 5.74) is 2.58. The Morgan fingerprint density at radius 2 is 1.86 bits per heavy atom. The number of amides is 1. The lowest BCUT2D eigenvalue weighted by Gasteiger charge is -2.37. The first kappa shape index (κ1) is 22.7. The number of para-hydroxylation sites is 2. The van der Waals surface area contributed by atoms with Gasteiger partial charge in [-0.2, -0.15) is 0 Å². The first-order valence-corrected chi connectivity index (χ1v) is 11.5. The van der Waals surface area contributed by atoms with Crippen molar-refractivity contribution >= 4 is 29.0 Å². The molecule has 0 radical (unpaired) electrons. The first-order valence-electron chi connectivity index (χ1n) is 11.5. The summed E-state index contributed by atoms with van der Waals surface area (Å²) in [5, 5.41) is 12.8. The third kappa shape index (κ3) is 4.03. The van der Waals surface area contributed by atoms with E-state index in [1.165, 1.54) is 19.1 Å². The third-order valence-electron chi connectivity index (χ3n) is 6.55. The van der Waals surface area contributed by atoms with E-state index in [0.717, 1.165) is 11.4 Å². The zero-order valence-electron chi connectivity index (χ0n) is 19.7. The van der Waals surface area contributed by atoms with Gasteiger partial charge in [-0.05, 0) is 41.8 Å². The molecule has 0 bridgehead atoms. The van der Waals surface area contributed by atoms with Crippen LogP contribution in [-0.2, 0) is 9.59 Å². The molecule has 1 aliphatic carbocycles. The summed E-state index contributed by atoms with van der Waals surface area (Å²) < 4.78 is 6.25. The van der Waals surface area contributed by atoms with Gasteiger partial charge in [0.1, 0.15) is 23.3 Å². The van der Waals surface area contributed by atoms with Crippen molar-refractivity contribution in [1.82, 2.24) is 0 Å². The Morgan fingerprint density at radius 3 is 2.60 bits per heavy atom. The number of fused-ring (bicyclic) bond motifs is 2. The highest BCUT2D eigenvalue weighted by Crippen LogP contribution is 2.49. The average Bonchev–Trinajstić information content (AvgIpc) is 3.22. The molecule has 2 heterocycles. The summed E-state index contributed by atoms with van der Waals surface area (Å²) >= 11 is 0. The molecule has 7 heteroatoms. The molecule has 7 nitrogen and oxygen atoms in total. The number of benzene rings is 2. The van der Waals surface area contributed by atoms with Crippen LogP contribution in [0.4, 0.5) is 11.4 Å². The zero-order valence-corrected chi connectivity index (χ0v) is 19.7. The number of hydrogen-bond acceptors (Lipinski definition) is 5. The minimum absolute atomic E-state index is 0.0230. The SMILES string of the molecule is CC(=O)N1c2ccccc2NC2=CC(C)(C)CC(=O)C2C1c1ccc(-c2cccc(C(=O)O)c2)o1. The van der Waals surface area contributed by atoms with Crippen LogP contribution in [0.1, 0.15) is 49.4 Å². The number of carbonyl (C=O) groups is 3. The summed E-state index contributed by atoms with van der Waals surface area (Å²) in [6.07, 6.45) is 2.42. The number of rotatable bonds is 3. The van der Waals surface area contributed by atoms with Crippen molar-refractivity contribution < 1.29 is 23.9 Å². The van der Waals surface area contributed by atoms with Gasteiger partial charge in [0, 0.05) is 24.6 Å². The molecule has 0 saturated heterocycles. The molecule has 2 aliphatic rings. The number of carboxylic acid groups (broad SMARTS) is 1. The van der Waals surface area contributed by atoms with Crippen molar-refractivity contribution in [3.05, 3.63) is 83.8 Å². The highest BCUT2D eigenvalue weighted by molar-refractivity contribution is 6.00. The molecule has 2 N–H and O–H groups in total. The molecule has 1 amide bonds. The Kier molecular flexibility index (Phi) is 5.35. The topological polar surface area (TPSA) is 99.9 Å². The van der Waals surface area contributed by atoms with E-state index in [4.69, 9.17) is 4.42 Å². The minimum atomic E-state index is -1.03. The van der Waals surface area contributed by atoms with E-state index in [2.05, 4.69) is 11.4 Å². The maximum atomic E-state index is 13.6. The number of nitrogens with one attached hydrogen (secondary N) is 1. The molecule has 35 heavy (non-hydrogen) atoms. The molecule has 5 rings (SSSR count). The van der Waals surface area contributed by atoms with Crippen molar-refractivity contribution in [3.8, 4) is 11.3 Å². The van der Waals surface area contributed by atoms with Crippen molar-refractivity contribution in [2.45, 2.75) is 33.2 Å². The fourth-order valence-corrected chi connectivity index (χ4v) is 5.13. The Bertz CT molecular complexity index is 1380. The van der Waals surface area contributed by atoms with Crippen LogP contribution in [-0.4, -0.2) is 22.8 Å². The van der Waals surface area contributed by atoms with Crippen molar-refractivity contribution in [2.75, 3.05) is 10.2 Å². The molecule has 1 aromatic heterocycles. The number of aromatic carboxylic acids is 1. The minimum Gasteiger partial charge on any atom is -0.478 e. The molecule has 0 fully saturated rings. The van der Waals surface area contributed by atoms with Gasteiger partial charge in [-0.15, -0.1) is 0 Å². The number of anilines is 2. The summed E-state index contributed by atoms with van der Waals surface area (Å²) in [4.78, 5) is 39.7. The van der Waals surface area contributed by atoms with Crippen LogP contribution in [0.5, 0.6) is 0 Å². The molecule has 3 aromatic rings. The molecule has 2 aromatic carbocycles. The van der Waals surface area contributed by atoms with E-state index in [-0.39, 0.29) is 22.7 Å². The predicted octanol–water partition coefficient (Wildman–Crippen LogP) is 5.66. The molecule has 2 atom stereocenters. The van der Waals surface area contributed by atoms with E-state index in [9.17, 15) is 19.5 Å². The standard InChI is InChI=1S/C28H26N2O5/c1-16(31)30-21-10-5-4-9-19(21)29-20-14-28(2,3)15-22(32)25(20)26(30)24-12-11-23(35-24)17-7-6-8-18(13-17)27(33)34/h4-14,25-26,29H,15H2,1-3H3,(H,33,34). The largest absolute Gasteiger partial charge is 0.478 e. The van der Waals surface area contributed by atoms with Gasteiger partial charge in [-0.1, -0.05) is 44.2 Å². The quantitative estimate of drug-likeness (QED) is 0.512. The molecule has 0 spiro atoms. The predicted molar refractivity (Wildman–Crippen MR) is 132 cm³/mol. The van der Waals surface area contributed by atoms with Crippen molar-refractivity contribution in [2.24, 2.45) is 11.3 Å². The Labute approximate surface area is 203 Å². The molecular formula is C28H26N2O5. The highest BCUT2D eigenvalue weighted by atomic mass is 16.4. The number of allylic oxidation sites excluding steroid dienone is 1. The number of carboxylic acids is 1. The summed E-state index contributed by atoms with van der Waals surface area (Å²) in [6, 6.07) is 16.8. The van der Waals surface area contributed by atoms with Crippen LogP contribution in [0.25, 0.3) is 11.3 Å². The van der Waals surface area contributed by atoms with Crippen molar-refractivity contribution in [1.29, 1.82) is 0 Å². The smallest absolute Gasteiger partial charge is 0.335 e. The fraction of sp³-hybridized carbons (Fsp3) is 0.250. The number of carbonyl (C=O) groups excluding carboxylic acids is 2. The van der Waals surface area contributed by atoms with Gasteiger partial charge in [0.15, 0.2) is 0 Å². The Morgan fingerprint density at radius 1 is 1.09 bits per heavy atom. The summed E-state index contributed by atoms with van der Waals surface area (Å²) in [7, 11) is 0. The van der Waals surface area contributed by atoms with Crippen LogP contribution in [0.3, 0.4) is 0 Å². The van der Waals surface area contributed by atoms with Gasteiger partial charge >= 0.3 is 5.97 Å². The van der Waals surface area contributed by atoms with E-state index < -0.39 is 17.9 Å². The molecule has 178 valence electrons. The number of furan rings is 1. The van der Waals surface area contributed by atoms with Gasteiger partial charge in [-0.3, -0.25) is 14.5 Å². The van der Waals surface area contributed by atoms with Gasteiger partial charge in [0.2, 0.25) is 5.91 Å². The van der Waals surface area contributed by atoms with E-state index in [1.54, 1.807) is 29.2 Å². The second kappa shape index (κ2) is 8.27. The lowest BCUT2D eigenvalue weighted by Crippen LogP contribution is -2.42.